The van der Waals surface area contributed by atoms with Crippen molar-refractivity contribution in [3.63, 3.8) is 0 Å². The molecule has 0 saturated carbocycles. The van der Waals surface area contributed by atoms with E-state index in [1.165, 1.54) is 5.56 Å². The molecule has 2 rings (SSSR count). The predicted octanol–water partition coefficient (Wildman–Crippen LogP) is 2.70. The second-order valence-corrected chi connectivity index (χ2v) is 7.15. The van der Waals surface area contributed by atoms with Crippen LogP contribution in [-0.2, 0) is 22.5 Å². The summed E-state index contributed by atoms with van der Waals surface area (Å²) in [6.07, 6.45) is 0.0812. The van der Waals surface area contributed by atoms with Crippen LogP contribution in [0.5, 0.6) is 0 Å². The Morgan fingerprint density at radius 3 is 2.05 bits per heavy atom. The van der Waals surface area contributed by atoms with Gasteiger partial charge in [-0.25, -0.2) is 0 Å². The highest BCUT2D eigenvalue weighted by Gasteiger charge is 2.37. The van der Waals surface area contributed by atoms with E-state index >= 15 is 0 Å². The molecule has 116 valence electrons. The summed E-state index contributed by atoms with van der Waals surface area (Å²) in [6, 6.07) is 7.85. The molecule has 1 saturated heterocycles. The van der Waals surface area contributed by atoms with Crippen molar-refractivity contribution in [1.29, 1.82) is 0 Å². The van der Waals surface area contributed by atoms with Gasteiger partial charge in [0, 0.05) is 19.6 Å². The monoisotopic (exact) mass is 291 g/mol. The molecule has 0 amide bonds. The Hall–Kier alpha value is -1.39. The van der Waals surface area contributed by atoms with Gasteiger partial charge in [0.05, 0.1) is 17.6 Å². The van der Waals surface area contributed by atoms with E-state index in [-0.39, 0.29) is 17.6 Å². The zero-order valence-electron chi connectivity index (χ0n) is 13.3. The molecule has 0 unspecified atom stereocenters. The normalized spacial score (nSPS) is 21.1. The lowest BCUT2D eigenvalue weighted by molar-refractivity contribution is -0.182. The molecule has 1 aliphatic rings. The van der Waals surface area contributed by atoms with Gasteiger partial charge in [0.2, 0.25) is 0 Å². The molecular formula is C17H25NO3. The number of carboxylic acid groups (broad SMARTS) is 1. The first-order chi connectivity index (χ1) is 9.65. The quantitative estimate of drug-likeness (QED) is 0.926. The van der Waals surface area contributed by atoms with E-state index in [4.69, 9.17) is 9.84 Å². The maximum absolute atomic E-state index is 10.7. The van der Waals surface area contributed by atoms with Crippen LogP contribution in [0.25, 0.3) is 0 Å². The van der Waals surface area contributed by atoms with Gasteiger partial charge >= 0.3 is 5.97 Å². The van der Waals surface area contributed by atoms with Gasteiger partial charge in [0.15, 0.2) is 0 Å². The fourth-order valence-electron chi connectivity index (χ4n) is 3.25. The van der Waals surface area contributed by atoms with Crippen LogP contribution >= 0.6 is 0 Å². The fourth-order valence-corrected chi connectivity index (χ4v) is 3.25. The molecule has 1 aromatic rings. The zero-order valence-corrected chi connectivity index (χ0v) is 13.3. The van der Waals surface area contributed by atoms with Gasteiger partial charge in [-0.3, -0.25) is 9.69 Å². The number of carboxylic acids is 1. The molecular weight excluding hydrogens is 266 g/mol. The highest BCUT2D eigenvalue weighted by atomic mass is 16.5. The maximum Gasteiger partial charge on any atom is 0.307 e. The van der Waals surface area contributed by atoms with Gasteiger partial charge < -0.3 is 9.84 Å². The van der Waals surface area contributed by atoms with E-state index in [1.807, 2.05) is 24.3 Å². The highest BCUT2D eigenvalue weighted by Crippen LogP contribution is 2.28. The molecule has 1 heterocycles. The molecule has 0 radical (unpaired) electrons. The minimum absolute atomic E-state index is 0.0812. The molecule has 0 bridgehead atoms. The van der Waals surface area contributed by atoms with Crippen molar-refractivity contribution in [3.8, 4) is 0 Å². The Kier molecular flexibility index (Phi) is 4.40. The topological polar surface area (TPSA) is 49.8 Å². The van der Waals surface area contributed by atoms with E-state index < -0.39 is 5.97 Å². The van der Waals surface area contributed by atoms with Crippen molar-refractivity contribution in [1.82, 2.24) is 4.90 Å². The average molecular weight is 291 g/mol. The van der Waals surface area contributed by atoms with Gasteiger partial charge in [0.25, 0.3) is 0 Å². The molecule has 1 aliphatic heterocycles. The minimum Gasteiger partial charge on any atom is -0.481 e. The van der Waals surface area contributed by atoms with Crippen LogP contribution in [0, 0.1) is 0 Å². The summed E-state index contributed by atoms with van der Waals surface area (Å²) < 4.78 is 6.09. The summed E-state index contributed by atoms with van der Waals surface area (Å²) in [5.41, 5.74) is 1.75. The van der Waals surface area contributed by atoms with E-state index in [9.17, 15) is 4.79 Å². The maximum atomic E-state index is 10.7. The van der Waals surface area contributed by atoms with Gasteiger partial charge in [-0.15, -0.1) is 0 Å². The van der Waals surface area contributed by atoms with E-state index in [1.54, 1.807) is 0 Å². The SMILES string of the molecule is CC1(C)CN(Cc2ccc(CC(=O)O)cc2)CC(C)(C)O1. The van der Waals surface area contributed by atoms with Gasteiger partial charge in [-0.05, 0) is 38.8 Å². The molecule has 0 spiro atoms. The standard InChI is InChI=1S/C17H25NO3/c1-16(2)11-18(12-17(3,4)21-16)10-14-7-5-13(6-8-14)9-15(19)20/h5-8H,9-12H2,1-4H3,(H,19,20). The number of aliphatic carboxylic acids is 1. The van der Waals surface area contributed by atoms with Crippen LogP contribution in [0.15, 0.2) is 24.3 Å². The number of hydrogen-bond acceptors (Lipinski definition) is 3. The third-order valence-electron chi connectivity index (χ3n) is 3.55. The number of hydrogen-bond donors (Lipinski definition) is 1. The van der Waals surface area contributed by atoms with E-state index in [0.29, 0.717) is 0 Å². The van der Waals surface area contributed by atoms with Crippen molar-refractivity contribution in [2.24, 2.45) is 0 Å². The summed E-state index contributed by atoms with van der Waals surface area (Å²) in [7, 11) is 0. The lowest BCUT2D eigenvalue weighted by atomic mass is 9.98. The molecule has 21 heavy (non-hydrogen) atoms. The van der Waals surface area contributed by atoms with E-state index in [2.05, 4.69) is 32.6 Å². The predicted molar refractivity (Wildman–Crippen MR) is 82.3 cm³/mol. The first-order valence-electron chi connectivity index (χ1n) is 7.37. The first kappa shape index (κ1) is 16.0. The lowest BCUT2D eigenvalue weighted by Gasteiger charge is -2.47. The molecule has 1 aromatic carbocycles. The van der Waals surface area contributed by atoms with Crippen molar-refractivity contribution >= 4 is 5.97 Å². The van der Waals surface area contributed by atoms with Crippen LogP contribution in [0.2, 0.25) is 0 Å². The van der Waals surface area contributed by atoms with Crippen LogP contribution in [0.1, 0.15) is 38.8 Å². The molecule has 0 aromatic heterocycles. The minimum atomic E-state index is -0.792. The number of ether oxygens (including phenoxy) is 1. The molecule has 1 N–H and O–H groups in total. The number of nitrogens with zero attached hydrogens (tertiary/aromatic N) is 1. The first-order valence-corrected chi connectivity index (χ1v) is 7.37. The number of carbonyl (C=O) groups is 1. The zero-order chi connectivity index (χ0) is 15.7. The molecule has 4 heteroatoms. The summed E-state index contributed by atoms with van der Waals surface area (Å²) in [6.45, 7) is 11.1. The number of benzene rings is 1. The Bertz CT molecular complexity index is 489. The van der Waals surface area contributed by atoms with Gasteiger partial charge in [-0.1, -0.05) is 24.3 Å². The second-order valence-electron chi connectivity index (χ2n) is 7.15. The van der Waals surface area contributed by atoms with Crippen LogP contribution in [-0.4, -0.2) is 40.3 Å². The highest BCUT2D eigenvalue weighted by molar-refractivity contribution is 5.70. The summed E-state index contributed by atoms with van der Waals surface area (Å²) in [5, 5.41) is 8.79. The Balaban J connectivity index is 2.02. The van der Waals surface area contributed by atoms with Crippen LogP contribution in [0.4, 0.5) is 0 Å². The number of morpholine rings is 1. The summed E-state index contributed by atoms with van der Waals surface area (Å²) in [4.78, 5) is 13.1. The van der Waals surface area contributed by atoms with E-state index in [0.717, 1.165) is 25.2 Å². The van der Waals surface area contributed by atoms with Crippen LogP contribution < -0.4 is 0 Å². The van der Waals surface area contributed by atoms with Crippen molar-refractivity contribution in [3.05, 3.63) is 35.4 Å². The van der Waals surface area contributed by atoms with Crippen molar-refractivity contribution in [2.45, 2.75) is 51.9 Å². The van der Waals surface area contributed by atoms with Crippen molar-refractivity contribution in [2.75, 3.05) is 13.1 Å². The van der Waals surface area contributed by atoms with Crippen LogP contribution in [0.3, 0.4) is 0 Å². The Morgan fingerprint density at radius 2 is 1.57 bits per heavy atom. The Labute approximate surface area is 126 Å². The van der Waals surface area contributed by atoms with Gasteiger partial charge in [-0.2, -0.15) is 0 Å². The van der Waals surface area contributed by atoms with Gasteiger partial charge in [0.1, 0.15) is 0 Å². The largest absolute Gasteiger partial charge is 0.481 e. The summed E-state index contributed by atoms with van der Waals surface area (Å²) >= 11 is 0. The fraction of sp³-hybridized carbons (Fsp3) is 0.588. The lowest BCUT2D eigenvalue weighted by Crippen LogP contribution is -2.56. The van der Waals surface area contributed by atoms with Crippen molar-refractivity contribution < 1.29 is 14.6 Å². The Morgan fingerprint density at radius 1 is 1.10 bits per heavy atom. The summed E-state index contributed by atoms with van der Waals surface area (Å²) in [5.74, 6) is -0.792. The molecule has 0 aliphatic carbocycles. The smallest absolute Gasteiger partial charge is 0.307 e. The molecule has 4 nitrogen and oxygen atoms in total. The third kappa shape index (κ3) is 4.83. The molecule has 0 atom stereocenters. The average Bonchev–Trinajstić information content (AvgIpc) is 2.26. The molecule has 1 fully saturated rings. The number of rotatable bonds is 4. The second kappa shape index (κ2) is 5.78. The third-order valence-corrected chi connectivity index (χ3v) is 3.55.